The predicted molar refractivity (Wildman–Crippen MR) is 132 cm³/mol. The van der Waals surface area contributed by atoms with Crippen molar-refractivity contribution in [3.8, 4) is 0 Å². The molecular weight excluding hydrogens is 430 g/mol. The first-order chi connectivity index (χ1) is 16.5. The molecule has 2 saturated carbocycles. The number of aromatic nitrogens is 2. The molecule has 6 rings (SSSR count). The molecule has 0 amide bonds. The molecule has 2 unspecified atom stereocenters. The van der Waals surface area contributed by atoms with E-state index in [1.807, 2.05) is 0 Å². The maximum absolute atomic E-state index is 13.0. The van der Waals surface area contributed by atoms with Gasteiger partial charge in [-0.25, -0.2) is 4.79 Å². The Morgan fingerprint density at radius 2 is 1.47 bits per heavy atom. The second-order valence-corrected chi connectivity index (χ2v) is 10.9. The van der Waals surface area contributed by atoms with Gasteiger partial charge in [-0.3, -0.25) is 18.7 Å². The van der Waals surface area contributed by atoms with Crippen LogP contribution in [-0.2, 0) is 11.3 Å². The van der Waals surface area contributed by atoms with E-state index in [-0.39, 0.29) is 11.6 Å². The molecule has 2 aliphatic carbocycles. The minimum Gasteiger partial charge on any atom is -0.480 e. The first-order valence-corrected chi connectivity index (χ1v) is 13.2. The number of nitrogens with zero attached hydrogens (tertiary/aromatic N) is 2. The monoisotopic (exact) mass is 467 g/mol. The molecule has 2 N–H and O–H groups in total. The third-order valence-electron chi connectivity index (χ3n) is 8.55. The zero-order valence-electron chi connectivity index (χ0n) is 20.0. The van der Waals surface area contributed by atoms with Gasteiger partial charge in [0.15, 0.2) is 0 Å². The first-order valence-electron chi connectivity index (χ1n) is 13.2. The average Bonchev–Trinajstić information content (AvgIpc) is 2.82. The van der Waals surface area contributed by atoms with E-state index in [1.165, 1.54) is 28.4 Å². The lowest BCUT2D eigenvalue weighted by Gasteiger charge is -2.40. The lowest BCUT2D eigenvalue weighted by Crippen LogP contribution is -2.53. The van der Waals surface area contributed by atoms with Crippen molar-refractivity contribution in [2.45, 2.75) is 102 Å². The molecule has 3 heterocycles. The molecular formula is C27H37N3O4. The number of carboxylic acids is 1. The Morgan fingerprint density at radius 3 is 2.06 bits per heavy atom. The van der Waals surface area contributed by atoms with Gasteiger partial charge in [0.1, 0.15) is 6.54 Å². The molecule has 7 nitrogen and oxygen atoms in total. The summed E-state index contributed by atoms with van der Waals surface area (Å²) in [5, 5.41) is 13.1. The van der Waals surface area contributed by atoms with Crippen LogP contribution in [0.1, 0.15) is 83.1 Å². The fourth-order valence-electron chi connectivity index (χ4n) is 7.02. The van der Waals surface area contributed by atoms with Crippen LogP contribution in [0.4, 0.5) is 0 Å². The van der Waals surface area contributed by atoms with Crippen molar-refractivity contribution in [3.63, 3.8) is 0 Å². The van der Waals surface area contributed by atoms with Crippen molar-refractivity contribution in [2.75, 3.05) is 0 Å². The van der Waals surface area contributed by atoms with Gasteiger partial charge in [0.2, 0.25) is 0 Å². The number of benzene rings is 1. The van der Waals surface area contributed by atoms with Crippen LogP contribution in [0, 0.1) is 11.8 Å². The maximum atomic E-state index is 13.0. The lowest BCUT2D eigenvalue weighted by atomic mass is 9.72. The number of nitrogens with one attached hydrogen (secondary N) is 1. The summed E-state index contributed by atoms with van der Waals surface area (Å²) in [7, 11) is 0. The van der Waals surface area contributed by atoms with Crippen LogP contribution >= 0.6 is 0 Å². The predicted octanol–water partition coefficient (Wildman–Crippen LogP) is 4.07. The molecule has 1 aromatic heterocycles. The van der Waals surface area contributed by atoms with Crippen molar-refractivity contribution in [2.24, 2.45) is 11.8 Å². The molecule has 0 radical (unpaired) electrons. The van der Waals surface area contributed by atoms with Gasteiger partial charge in [0.25, 0.3) is 5.56 Å². The maximum Gasteiger partial charge on any atom is 0.332 e. The largest absolute Gasteiger partial charge is 0.480 e. The molecule has 2 saturated heterocycles. The highest BCUT2D eigenvalue weighted by atomic mass is 16.4. The molecule has 184 valence electrons. The molecule has 2 atom stereocenters. The normalized spacial score (nSPS) is 30.3. The number of hydrogen-bond donors (Lipinski definition) is 2. The number of piperidine rings is 2. The van der Waals surface area contributed by atoms with Crippen LogP contribution in [0.15, 0.2) is 33.9 Å². The summed E-state index contributed by atoms with van der Waals surface area (Å²) >= 11 is 0. The van der Waals surface area contributed by atoms with Gasteiger partial charge in [-0.05, 0) is 56.1 Å². The molecule has 4 aliphatic rings. The second-order valence-electron chi connectivity index (χ2n) is 10.9. The highest BCUT2D eigenvalue weighted by molar-refractivity contribution is 5.79. The van der Waals surface area contributed by atoms with Crippen molar-refractivity contribution in [3.05, 3.63) is 45.1 Å². The molecule has 0 spiro atoms. The Labute approximate surface area is 200 Å². The van der Waals surface area contributed by atoms with E-state index >= 15 is 0 Å². The molecule has 4 fully saturated rings. The van der Waals surface area contributed by atoms with Gasteiger partial charge in [-0.15, -0.1) is 0 Å². The number of aliphatic carboxylic acids is 1. The summed E-state index contributed by atoms with van der Waals surface area (Å²) in [4.78, 5) is 37.2. The Morgan fingerprint density at radius 1 is 0.882 bits per heavy atom. The number of para-hydroxylation sites is 1. The van der Waals surface area contributed by atoms with Gasteiger partial charge >= 0.3 is 11.7 Å². The fourth-order valence-corrected chi connectivity index (χ4v) is 7.02. The van der Waals surface area contributed by atoms with E-state index in [2.05, 4.69) is 5.32 Å². The SMILES string of the molecule is C1CC2CCCC(C1)C2.O=C(O)Cn1c(=O)n(C2CC3CCCC(C2)N3)c(=O)c2ccccc21. The van der Waals surface area contributed by atoms with Crippen LogP contribution in [0.25, 0.3) is 10.9 Å². The van der Waals surface area contributed by atoms with E-state index in [1.54, 1.807) is 56.4 Å². The fraction of sp³-hybridized carbons (Fsp3) is 0.667. The average molecular weight is 468 g/mol. The number of carboxylic acid groups (broad SMARTS) is 1. The minimum atomic E-state index is -1.10. The van der Waals surface area contributed by atoms with Gasteiger partial charge in [-0.1, -0.05) is 57.1 Å². The number of fused-ring (bicyclic) bond motifs is 5. The Hall–Kier alpha value is -2.41. The van der Waals surface area contributed by atoms with Crippen LogP contribution < -0.4 is 16.6 Å². The third kappa shape index (κ3) is 4.85. The Bertz CT molecular complexity index is 1120. The highest BCUT2D eigenvalue weighted by Crippen LogP contribution is 2.39. The van der Waals surface area contributed by atoms with E-state index in [0.717, 1.165) is 37.5 Å². The zero-order chi connectivity index (χ0) is 23.7. The first kappa shape index (κ1) is 23.3. The zero-order valence-corrected chi connectivity index (χ0v) is 20.0. The molecule has 7 heteroatoms. The molecule has 1 aromatic carbocycles. The van der Waals surface area contributed by atoms with Crippen LogP contribution in [-0.4, -0.2) is 32.3 Å². The van der Waals surface area contributed by atoms with Crippen LogP contribution in [0.2, 0.25) is 0 Å². The summed E-state index contributed by atoms with van der Waals surface area (Å²) in [6, 6.07) is 7.20. The summed E-state index contributed by atoms with van der Waals surface area (Å²) < 4.78 is 2.51. The quantitative estimate of drug-likeness (QED) is 0.710. The lowest BCUT2D eigenvalue weighted by molar-refractivity contribution is -0.137. The van der Waals surface area contributed by atoms with Gasteiger partial charge < -0.3 is 10.4 Å². The van der Waals surface area contributed by atoms with Crippen LogP contribution in [0.3, 0.4) is 0 Å². The molecule has 4 bridgehead atoms. The smallest absolute Gasteiger partial charge is 0.332 e. The van der Waals surface area contributed by atoms with Crippen molar-refractivity contribution in [1.82, 2.24) is 14.5 Å². The van der Waals surface area contributed by atoms with Gasteiger partial charge in [0, 0.05) is 18.1 Å². The van der Waals surface area contributed by atoms with E-state index in [0.29, 0.717) is 23.0 Å². The second kappa shape index (κ2) is 10.1. The highest BCUT2D eigenvalue weighted by Gasteiger charge is 2.34. The van der Waals surface area contributed by atoms with E-state index < -0.39 is 18.2 Å². The topological polar surface area (TPSA) is 93.3 Å². The molecule has 2 aliphatic heterocycles. The molecule has 2 aromatic rings. The number of carbonyl (C=O) groups is 1. The van der Waals surface area contributed by atoms with Crippen molar-refractivity contribution in [1.29, 1.82) is 0 Å². The number of rotatable bonds is 3. The summed E-state index contributed by atoms with van der Waals surface area (Å²) in [5.74, 6) is 1.20. The summed E-state index contributed by atoms with van der Waals surface area (Å²) in [6.07, 6.45) is 15.6. The molecule has 34 heavy (non-hydrogen) atoms. The summed E-state index contributed by atoms with van der Waals surface area (Å²) in [6.45, 7) is -0.447. The van der Waals surface area contributed by atoms with Crippen molar-refractivity contribution < 1.29 is 9.90 Å². The Kier molecular flexibility index (Phi) is 6.91. The van der Waals surface area contributed by atoms with Gasteiger partial charge in [-0.2, -0.15) is 0 Å². The third-order valence-corrected chi connectivity index (χ3v) is 8.55. The van der Waals surface area contributed by atoms with E-state index in [4.69, 9.17) is 0 Å². The van der Waals surface area contributed by atoms with Crippen molar-refractivity contribution >= 4 is 16.9 Å². The number of hydrogen-bond acceptors (Lipinski definition) is 4. The summed E-state index contributed by atoms with van der Waals surface area (Å²) in [5.41, 5.74) is -0.450. The van der Waals surface area contributed by atoms with E-state index in [9.17, 15) is 19.5 Å². The van der Waals surface area contributed by atoms with Crippen LogP contribution in [0.5, 0.6) is 0 Å². The standard InChI is InChI=1S/C18H21N3O4.C9H16/c22-16(23)10-20-15-7-2-1-6-14(15)17(24)21(18(20)25)13-8-11-4-3-5-12(9-13)19-11;1-3-8-5-2-6-9(4-1)7-8/h1-2,6-7,11-13,19H,3-5,8-10H2,(H,22,23);8-9H,1-7H2. The Balaban J connectivity index is 0.000000222. The minimum absolute atomic E-state index is 0.179. The van der Waals surface area contributed by atoms with Gasteiger partial charge in [0.05, 0.1) is 10.9 Å².